The maximum atomic E-state index is 13.2. The zero-order valence-corrected chi connectivity index (χ0v) is 13.2. The van der Waals surface area contributed by atoms with E-state index in [1.54, 1.807) is 6.07 Å². The second-order valence-corrected chi connectivity index (χ2v) is 6.83. The number of benzene rings is 1. The third-order valence-corrected chi connectivity index (χ3v) is 4.63. The Morgan fingerprint density at radius 3 is 2.52 bits per heavy atom. The number of hydrogen-bond acceptors (Lipinski definition) is 4. The van der Waals surface area contributed by atoms with Crippen molar-refractivity contribution in [2.24, 2.45) is 0 Å². The minimum absolute atomic E-state index is 0.0666. The van der Waals surface area contributed by atoms with Crippen LogP contribution in [0.15, 0.2) is 28.8 Å². The summed E-state index contributed by atoms with van der Waals surface area (Å²) in [5.41, 5.74) is 7.78. The summed E-state index contributed by atoms with van der Waals surface area (Å²) in [6, 6.07) is 5.63. The summed E-state index contributed by atoms with van der Waals surface area (Å²) in [5.74, 6) is -0.381. The predicted octanol–water partition coefficient (Wildman–Crippen LogP) is 5.75. The van der Waals surface area contributed by atoms with Gasteiger partial charge in [0.25, 0.3) is 0 Å². The first kappa shape index (κ1) is 14.7. The molecule has 8 heteroatoms. The van der Waals surface area contributed by atoms with Gasteiger partial charge in [-0.3, -0.25) is 0 Å². The van der Waals surface area contributed by atoms with Gasteiger partial charge in [0.15, 0.2) is 0 Å². The Kier molecular flexibility index (Phi) is 3.84. The number of thiophene rings is 1. The summed E-state index contributed by atoms with van der Waals surface area (Å²) in [6.45, 7) is 0. The quantitative estimate of drug-likeness (QED) is 0.630. The summed E-state index contributed by atoms with van der Waals surface area (Å²) in [7, 11) is 0. The third kappa shape index (κ3) is 2.62. The monoisotopic (exact) mass is 362 g/mol. The number of nitrogen functional groups attached to an aromatic ring is 1. The Bertz CT molecular complexity index is 831. The van der Waals surface area contributed by atoms with Crippen LogP contribution in [0.25, 0.3) is 22.4 Å². The molecule has 0 bridgehead atoms. The molecule has 2 aromatic heterocycles. The molecule has 108 valence electrons. The molecule has 21 heavy (non-hydrogen) atoms. The highest BCUT2D eigenvalue weighted by molar-refractivity contribution is 7.20. The van der Waals surface area contributed by atoms with Crippen LogP contribution in [0.4, 0.5) is 10.3 Å². The second-order valence-electron chi connectivity index (χ2n) is 4.13. The van der Waals surface area contributed by atoms with Gasteiger partial charge >= 0.3 is 0 Å². The van der Waals surface area contributed by atoms with Crippen molar-refractivity contribution in [3.05, 3.63) is 43.8 Å². The number of nitrogens with two attached hydrogens (primary N) is 1. The zero-order valence-electron chi connectivity index (χ0n) is 10.2. The smallest absolute Gasteiger partial charge is 0.230 e. The number of halogens is 4. The van der Waals surface area contributed by atoms with Gasteiger partial charge in [0.05, 0.1) is 14.9 Å². The highest BCUT2D eigenvalue weighted by Gasteiger charge is 2.23. The molecule has 0 fully saturated rings. The van der Waals surface area contributed by atoms with E-state index in [1.807, 2.05) is 0 Å². The molecule has 3 aromatic rings. The van der Waals surface area contributed by atoms with Gasteiger partial charge in [0.1, 0.15) is 15.8 Å². The number of anilines is 1. The van der Waals surface area contributed by atoms with Crippen molar-refractivity contribution in [3.8, 4) is 22.4 Å². The van der Waals surface area contributed by atoms with E-state index in [1.165, 1.54) is 29.5 Å². The van der Waals surface area contributed by atoms with Crippen LogP contribution in [0.1, 0.15) is 0 Å². The molecule has 3 nitrogen and oxygen atoms in total. The lowest BCUT2D eigenvalue weighted by Crippen LogP contribution is -1.89. The van der Waals surface area contributed by atoms with Gasteiger partial charge in [-0.2, -0.15) is 0 Å². The van der Waals surface area contributed by atoms with Gasteiger partial charge in [-0.25, -0.2) is 4.39 Å². The van der Waals surface area contributed by atoms with Crippen molar-refractivity contribution in [2.75, 3.05) is 5.73 Å². The van der Waals surface area contributed by atoms with Crippen molar-refractivity contribution in [2.45, 2.75) is 0 Å². The first-order valence-electron chi connectivity index (χ1n) is 5.63. The van der Waals surface area contributed by atoms with Crippen molar-refractivity contribution < 1.29 is 8.91 Å². The summed E-state index contributed by atoms with van der Waals surface area (Å²) >= 11 is 19.3. The molecule has 0 aliphatic heterocycles. The molecule has 0 aliphatic carbocycles. The molecular weight excluding hydrogens is 358 g/mol. The molecule has 2 N–H and O–H groups in total. The topological polar surface area (TPSA) is 52.0 Å². The highest BCUT2D eigenvalue weighted by atomic mass is 35.5. The van der Waals surface area contributed by atoms with E-state index in [0.29, 0.717) is 31.1 Å². The Hall–Kier alpha value is -1.27. The molecule has 0 spiro atoms. The van der Waals surface area contributed by atoms with Crippen LogP contribution in [0, 0.1) is 5.82 Å². The minimum Gasteiger partial charge on any atom is -0.367 e. The molecule has 0 amide bonds. The Morgan fingerprint density at radius 1 is 1.14 bits per heavy atom. The molecule has 0 aliphatic rings. The standard InChI is InChI=1S/C13H6Cl3FN2OS/c14-8-3-5(17)1-2-6(8)10-11(19-20-13(10)18)7-4-9(15)21-12(7)16/h1-4H,18H2. The molecule has 0 atom stereocenters. The second kappa shape index (κ2) is 5.50. The van der Waals surface area contributed by atoms with Crippen molar-refractivity contribution in [3.63, 3.8) is 0 Å². The van der Waals surface area contributed by atoms with E-state index in [9.17, 15) is 4.39 Å². The van der Waals surface area contributed by atoms with Gasteiger partial charge in [-0.05, 0) is 24.3 Å². The first-order chi connectivity index (χ1) is 9.97. The first-order valence-corrected chi connectivity index (χ1v) is 7.58. The number of hydrogen-bond donors (Lipinski definition) is 1. The molecule has 0 saturated heterocycles. The van der Waals surface area contributed by atoms with E-state index < -0.39 is 5.82 Å². The fourth-order valence-corrected chi connectivity index (χ4v) is 3.67. The lowest BCUT2D eigenvalue weighted by molar-refractivity contribution is 0.439. The van der Waals surface area contributed by atoms with Crippen LogP contribution in [0.3, 0.4) is 0 Å². The summed E-state index contributed by atoms with van der Waals surface area (Å²) in [5, 5.41) is 4.11. The van der Waals surface area contributed by atoms with Gasteiger partial charge < -0.3 is 10.3 Å². The van der Waals surface area contributed by atoms with E-state index in [0.717, 1.165) is 0 Å². The van der Waals surface area contributed by atoms with Gasteiger partial charge in [-0.1, -0.05) is 40.0 Å². The summed E-state index contributed by atoms with van der Waals surface area (Å²) < 4.78 is 19.2. The van der Waals surface area contributed by atoms with E-state index in [-0.39, 0.29) is 10.9 Å². The van der Waals surface area contributed by atoms with Gasteiger partial charge in [0.2, 0.25) is 5.88 Å². The van der Waals surface area contributed by atoms with E-state index >= 15 is 0 Å². The zero-order chi connectivity index (χ0) is 15.1. The summed E-state index contributed by atoms with van der Waals surface area (Å²) in [4.78, 5) is 0. The van der Waals surface area contributed by atoms with Crippen LogP contribution >= 0.6 is 46.1 Å². The minimum atomic E-state index is -0.447. The van der Waals surface area contributed by atoms with Crippen molar-refractivity contribution in [1.82, 2.24) is 5.16 Å². The van der Waals surface area contributed by atoms with Crippen molar-refractivity contribution in [1.29, 1.82) is 0 Å². The van der Waals surface area contributed by atoms with Crippen LogP contribution in [-0.4, -0.2) is 5.16 Å². The Morgan fingerprint density at radius 2 is 1.90 bits per heavy atom. The Labute approximate surface area is 138 Å². The maximum absolute atomic E-state index is 13.2. The van der Waals surface area contributed by atoms with E-state index in [4.69, 9.17) is 45.1 Å². The molecule has 0 radical (unpaired) electrons. The SMILES string of the molecule is Nc1onc(-c2cc(Cl)sc2Cl)c1-c1ccc(F)cc1Cl. The van der Waals surface area contributed by atoms with E-state index in [2.05, 4.69) is 5.16 Å². The van der Waals surface area contributed by atoms with Crippen LogP contribution in [0.2, 0.25) is 13.7 Å². The molecule has 1 aromatic carbocycles. The fourth-order valence-electron chi connectivity index (χ4n) is 1.94. The number of nitrogens with zero attached hydrogens (tertiary/aromatic N) is 1. The largest absolute Gasteiger partial charge is 0.367 e. The van der Waals surface area contributed by atoms with Crippen LogP contribution in [-0.2, 0) is 0 Å². The number of aromatic nitrogens is 1. The fraction of sp³-hybridized carbons (Fsp3) is 0. The highest BCUT2D eigenvalue weighted by Crippen LogP contribution is 2.45. The average Bonchev–Trinajstić information content (AvgIpc) is 2.93. The lowest BCUT2D eigenvalue weighted by atomic mass is 10.0. The van der Waals surface area contributed by atoms with Crippen LogP contribution in [0.5, 0.6) is 0 Å². The normalized spacial score (nSPS) is 11.0. The van der Waals surface area contributed by atoms with Crippen molar-refractivity contribution >= 4 is 52.0 Å². The van der Waals surface area contributed by atoms with Gasteiger partial charge in [0, 0.05) is 11.1 Å². The maximum Gasteiger partial charge on any atom is 0.230 e. The predicted molar refractivity (Wildman–Crippen MR) is 84.7 cm³/mol. The average molecular weight is 364 g/mol. The Balaban J connectivity index is 2.24. The molecular formula is C13H6Cl3FN2OS. The van der Waals surface area contributed by atoms with Gasteiger partial charge in [-0.15, -0.1) is 11.3 Å². The summed E-state index contributed by atoms with van der Waals surface area (Å²) in [6.07, 6.45) is 0. The molecule has 0 saturated carbocycles. The number of rotatable bonds is 2. The van der Waals surface area contributed by atoms with Crippen LogP contribution < -0.4 is 5.73 Å². The molecule has 2 heterocycles. The third-order valence-electron chi connectivity index (χ3n) is 2.83. The lowest BCUT2D eigenvalue weighted by Gasteiger charge is -2.04. The molecule has 3 rings (SSSR count). The molecule has 0 unspecified atom stereocenters.